The van der Waals surface area contributed by atoms with Crippen molar-refractivity contribution in [3.63, 3.8) is 0 Å². The molecule has 0 aliphatic rings. The molecule has 14 heavy (non-hydrogen) atoms. The number of hydrogen-bond acceptors (Lipinski definition) is 2. The fourth-order valence-corrected chi connectivity index (χ4v) is 1.14. The molecule has 0 saturated heterocycles. The summed E-state index contributed by atoms with van der Waals surface area (Å²) >= 11 is 0. The molecule has 0 aliphatic heterocycles. The molecular formula is C12H15NO. The van der Waals surface area contributed by atoms with Gasteiger partial charge in [0.2, 0.25) is 0 Å². The molecule has 0 spiro atoms. The normalized spacial score (nSPS) is 10.8. The van der Waals surface area contributed by atoms with Crippen molar-refractivity contribution < 1.29 is 4.79 Å². The van der Waals surface area contributed by atoms with E-state index in [9.17, 15) is 4.79 Å². The lowest BCUT2D eigenvalue weighted by Gasteiger charge is -2.01. The Morgan fingerprint density at radius 1 is 1.50 bits per heavy atom. The van der Waals surface area contributed by atoms with Crippen LogP contribution in [0.2, 0.25) is 0 Å². The van der Waals surface area contributed by atoms with Gasteiger partial charge >= 0.3 is 0 Å². The monoisotopic (exact) mass is 189 g/mol. The molecule has 0 unspecified atom stereocenters. The van der Waals surface area contributed by atoms with Gasteiger partial charge in [0, 0.05) is 6.92 Å². The topological polar surface area (TPSA) is 30.0 Å². The number of rotatable bonds is 3. The summed E-state index contributed by atoms with van der Waals surface area (Å²) < 4.78 is 0. The minimum Gasteiger partial charge on any atom is -0.293 e. The summed E-state index contributed by atoms with van der Waals surface area (Å²) in [5, 5.41) is 0. The Kier molecular flexibility index (Phi) is 3.57. The van der Waals surface area contributed by atoms with Crippen molar-refractivity contribution >= 4 is 11.9 Å². The molecule has 1 aromatic rings. The van der Waals surface area contributed by atoms with E-state index in [-0.39, 0.29) is 5.78 Å². The first kappa shape index (κ1) is 10.6. The van der Waals surface area contributed by atoms with Gasteiger partial charge in [-0.2, -0.15) is 0 Å². The molecule has 0 aliphatic carbocycles. The fraction of sp³-hybridized carbons (Fsp3) is 0.333. The second-order valence-corrected chi connectivity index (χ2v) is 3.27. The van der Waals surface area contributed by atoms with E-state index in [4.69, 9.17) is 0 Å². The lowest BCUT2D eigenvalue weighted by molar-refractivity contribution is 0.101. The minimum atomic E-state index is 0.0103. The zero-order chi connectivity index (χ0) is 10.6. The third-order valence-corrected chi connectivity index (χ3v) is 2.01. The highest BCUT2D eigenvalue weighted by atomic mass is 16.1. The Labute approximate surface area is 84.7 Å². The van der Waals surface area contributed by atoms with E-state index in [1.807, 2.05) is 25.1 Å². The molecule has 1 aromatic heterocycles. The highest BCUT2D eigenvalue weighted by Gasteiger charge is 2.02. The maximum Gasteiger partial charge on any atom is 0.178 e. The highest BCUT2D eigenvalue weighted by Crippen LogP contribution is 2.09. The van der Waals surface area contributed by atoms with Gasteiger partial charge in [-0.25, -0.2) is 4.98 Å². The van der Waals surface area contributed by atoms with Crippen LogP contribution in [0.1, 0.15) is 42.0 Å². The van der Waals surface area contributed by atoms with Crippen LogP contribution in [0.15, 0.2) is 18.2 Å². The summed E-state index contributed by atoms with van der Waals surface area (Å²) in [6, 6.07) is 3.69. The van der Waals surface area contributed by atoms with Gasteiger partial charge in [0.1, 0.15) is 5.69 Å². The van der Waals surface area contributed by atoms with Crippen LogP contribution in [0, 0.1) is 6.92 Å². The van der Waals surface area contributed by atoms with E-state index in [1.54, 1.807) is 6.07 Å². The lowest BCUT2D eigenvalue weighted by Crippen LogP contribution is -1.99. The predicted octanol–water partition coefficient (Wildman–Crippen LogP) is 3.02. The second kappa shape index (κ2) is 4.70. The number of pyridine rings is 1. The van der Waals surface area contributed by atoms with Crippen molar-refractivity contribution in [3.8, 4) is 0 Å². The Bertz CT molecular complexity index is 367. The number of aryl methyl sites for hydroxylation is 1. The standard InChI is InChI=1S/C12H15NO/c1-4-5-6-11-9(2)7-8-12(13-11)10(3)14/h5-8H,4H2,1-3H3/b6-5-. The highest BCUT2D eigenvalue weighted by molar-refractivity contribution is 5.92. The SMILES string of the molecule is CC/C=C\c1nc(C(C)=O)ccc1C. The number of aromatic nitrogens is 1. The largest absolute Gasteiger partial charge is 0.293 e. The van der Waals surface area contributed by atoms with Crippen LogP contribution in [-0.2, 0) is 0 Å². The maximum atomic E-state index is 11.1. The molecule has 0 N–H and O–H groups in total. The third-order valence-electron chi connectivity index (χ3n) is 2.01. The molecule has 0 radical (unpaired) electrons. The Hall–Kier alpha value is -1.44. The van der Waals surface area contributed by atoms with Gasteiger partial charge in [-0.3, -0.25) is 4.79 Å². The van der Waals surface area contributed by atoms with Crippen molar-refractivity contribution in [2.24, 2.45) is 0 Å². The van der Waals surface area contributed by atoms with Crippen molar-refractivity contribution in [1.29, 1.82) is 0 Å². The first-order chi connectivity index (χ1) is 6.65. The zero-order valence-corrected chi connectivity index (χ0v) is 8.87. The Balaban J connectivity index is 3.08. The van der Waals surface area contributed by atoms with Gasteiger partial charge < -0.3 is 0 Å². The van der Waals surface area contributed by atoms with Gasteiger partial charge in [-0.15, -0.1) is 0 Å². The van der Waals surface area contributed by atoms with Crippen LogP contribution >= 0.6 is 0 Å². The fourth-order valence-electron chi connectivity index (χ4n) is 1.14. The second-order valence-electron chi connectivity index (χ2n) is 3.27. The molecule has 0 fully saturated rings. The predicted molar refractivity (Wildman–Crippen MR) is 58.3 cm³/mol. The Morgan fingerprint density at radius 2 is 2.21 bits per heavy atom. The molecule has 0 atom stereocenters. The van der Waals surface area contributed by atoms with Crippen LogP contribution in [0.4, 0.5) is 0 Å². The van der Waals surface area contributed by atoms with Crippen molar-refractivity contribution in [1.82, 2.24) is 4.98 Å². The van der Waals surface area contributed by atoms with Crippen molar-refractivity contribution in [2.45, 2.75) is 27.2 Å². The molecule has 1 heterocycles. The average Bonchev–Trinajstić information content (AvgIpc) is 2.16. The van der Waals surface area contributed by atoms with E-state index in [2.05, 4.69) is 11.9 Å². The van der Waals surface area contributed by atoms with Gasteiger partial charge in [0.15, 0.2) is 5.78 Å². The summed E-state index contributed by atoms with van der Waals surface area (Å²) in [6.07, 6.45) is 4.98. The number of ketones is 1. The van der Waals surface area contributed by atoms with Crippen molar-refractivity contribution in [3.05, 3.63) is 35.2 Å². The lowest BCUT2D eigenvalue weighted by atomic mass is 10.1. The zero-order valence-electron chi connectivity index (χ0n) is 8.87. The summed E-state index contributed by atoms with van der Waals surface area (Å²) in [4.78, 5) is 15.4. The first-order valence-corrected chi connectivity index (χ1v) is 4.80. The smallest absolute Gasteiger partial charge is 0.178 e. The van der Waals surface area contributed by atoms with Crippen LogP contribution in [0.3, 0.4) is 0 Å². The van der Waals surface area contributed by atoms with Crippen LogP contribution < -0.4 is 0 Å². The molecular weight excluding hydrogens is 174 g/mol. The molecule has 0 saturated carbocycles. The van der Waals surface area contributed by atoms with E-state index >= 15 is 0 Å². The number of hydrogen-bond donors (Lipinski definition) is 0. The van der Waals surface area contributed by atoms with Crippen LogP contribution in [-0.4, -0.2) is 10.8 Å². The number of nitrogens with zero attached hydrogens (tertiary/aromatic N) is 1. The molecule has 1 rings (SSSR count). The van der Waals surface area contributed by atoms with Gasteiger partial charge in [0.25, 0.3) is 0 Å². The van der Waals surface area contributed by atoms with Gasteiger partial charge in [-0.05, 0) is 31.1 Å². The van der Waals surface area contributed by atoms with Gasteiger partial charge in [-0.1, -0.05) is 19.1 Å². The summed E-state index contributed by atoms with van der Waals surface area (Å²) in [5.41, 5.74) is 2.52. The number of allylic oxidation sites excluding steroid dienone is 1. The summed E-state index contributed by atoms with van der Waals surface area (Å²) in [6.45, 7) is 5.60. The first-order valence-electron chi connectivity index (χ1n) is 4.80. The molecule has 0 bridgehead atoms. The van der Waals surface area contributed by atoms with Crippen molar-refractivity contribution in [2.75, 3.05) is 0 Å². The van der Waals surface area contributed by atoms with E-state index < -0.39 is 0 Å². The summed E-state index contributed by atoms with van der Waals surface area (Å²) in [5.74, 6) is 0.0103. The average molecular weight is 189 g/mol. The van der Waals surface area contributed by atoms with E-state index in [0.29, 0.717) is 5.69 Å². The number of carbonyl (C=O) groups excluding carboxylic acids is 1. The molecule has 0 amide bonds. The molecule has 74 valence electrons. The minimum absolute atomic E-state index is 0.0103. The number of carbonyl (C=O) groups is 1. The molecule has 2 heteroatoms. The van der Waals surface area contributed by atoms with E-state index in [1.165, 1.54) is 6.92 Å². The summed E-state index contributed by atoms with van der Waals surface area (Å²) in [7, 11) is 0. The Morgan fingerprint density at radius 3 is 2.79 bits per heavy atom. The van der Waals surface area contributed by atoms with Crippen LogP contribution in [0.5, 0.6) is 0 Å². The molecule has 2 nitrogen and oxygen atoms in total. The third kappa shape index (κ3) is 2.52. The quantitative estimate of drug-likeness (QED) is 0.684. The number of Topliss-reactive ketones (excluding diaryl/α,β-unsaturated/α-hetero) is 1. The van der Waals surface area contributed by atoms with Crippen LogP contribution in [0.25, 0.3) is 6.08 Å². The van der Waals surface area contributed by atoms with E-state index in [0.717, 1.165) is 17.7 Å². The maximum absolute atomic E-state index is 11.1. The van der Waals surface area contributed by atoms with Gasteiger partial charge in [0.05, 0.1) is 5.69 Å². The molecule has 0 aromatic carbocycles.